The molecule has 3 rings (SSSR count). The summed E-state index contributed by atoms with van der Waals surface area (Å²) in [6.45, 7) is 5.77. The topological polar surface area (TPSA) is 36.2 Å². The molecular weight excluding hydrogens is 264 g/mol. The molecule has 0 fully saturated rings. The zero-order chi connectivity index (χ0) is 15.0. The minimum Gasteiger partial charge on any atom is -0.403 e. The van der Waals surface area contributed by atoms with E-state index in [0.717, 1.165) is 16.7 Å². The molecule has 0 bridgehead atoms. The molecule has 0 radical (unpaired) electrons. The fraction of sp³-hybridized carbons (Fsp3) is 0.235. The number of nitrogens with zero attached hydrogens (tertiary/aromatic N) is 2. The summed E-state index contributed by atoms with van der Waals surface area (Å²) in [7, 11) is 0. The third-order valence-corrected chi connectivity index (χ3v) is 3.09. The highest BCUT2D eigenvalue weighted by Crippen LogP contribution is 2.17. The van der Waals surface area contributed by atoms with Gasteiger partial charge >= 0.3 is 5.69 Å². The van der Waals surface area contributed by atoms with Gasteiger partial charge in [0.15, 0.2) is 0 Å². The first-order valence-corrected chi connectivity index (χ1v) is 6.95. The third-order valence-electron chi connectivity index (χ3n) is 3.09. The number of aromatic nitrogens is 2. The highest BCUT2D eigenvalue weighted by molar-refractivity contribution is 5.77. The fourth-order valence-electron chi connectivity index (χ4n) is 2.31. The van der Waals surface area contributed by atoms with Crippen LogP contribution >= 0.6 is 0 Å². The van der Waals surface area contributed by atoms with Crippen LogP contribution < -0.4 is 10.5 Å². The molecule has 0 atom stereocenters. The predicted octanol–water partition coefficient (Wildman–Crippen LogP) is 3.02. The van der Waals surface area contributed by atoms with Crippen LogP contribution in [0, 0.1) is 0 Å². The first-order chi connectivity index (χ1) is 9.97. The van der Waals surface area contributed by atoms with Gasteiger partial charge in [-0.25, -0.2) is 4.79 Å². The van der Waals surface area contributed by atoms with Gasteiger partial charge in [-0.2, -0.15) is 0 Å². The zero-order valence-electron chi connectivity index (χ0n) is 12.4. The number of rotatable bonds is 2. The van der Waals surface area contributed by atoms with Crippen molar-refractivity contribution in [1.82, 2.24) is 9.30 Å². The minimum absolute atomic E-state index is 0.197. The Bertz CT molecular complexity index is 823. The molecule has 2 aromatic carbocycles. The number of fused-ring (bicyclic) bond motifs is 1. The van der Waals surface area contributed by atoms with Crippen molar-refractivity contribution in [2.45, 2.75) is 26.4 Å². The first kappa shape index (κ1) is 13.5. The Morgan fingerprint density at radius 3 is 2.05 bits per heavy atom. The van der Waals surface area contributed by atoms with E-state index in [0.29, 0.717) is 0 Å². The molecule has 21 heavy (non-hydrogen) atoms. The maximum absolute atomic E-state index is 12.8. The molecule has 0 unspecified atom stereocenters. The largest absolute Gasteiger partial charge is 0.403 e. The van der Waals surface area contributed by atoms with Crippen LogP contribution in [0.2, 0.25) is 0 Å². The summed E-state index contributed by atoms with van der Waals surface area (Å²) in [4.78, 5) is 18.6. The smallest absolute Gasteiger partial charge is 0.366 e. The zero-order valence-corrected chi connectivity index (χ0v) is 12.4. The van der Waals surface area contributed by atoms with Gasteiger partial charge in [0.2, 0.25) is 0 Å². The van der Waals surface area contributed by atoms with Crippen LogP contribution in [0.1, 0.15) is 20.8 Å². The normalized spacial score (nSPS) is 11.8. The Hall–Kier alpha value is -2.49. The van der Waals surface area contributed by atoms with Gasteiger partial charge in [-0.1, -0.05) is 30.3 Å². The van der Waals surface area contributed by atoms with Gasteiger partial charge < -0.3 is 4.84 Å². The lowest BCUT2D eigenvalue weighted by molar-refractivity contribution is -0.0142. The minimum atomic E-state index is -0.449. The summed E-state index contributed by atoms with van der Waals surface area (Å²) < 4.78 is 3.05. The van der Waals surface area contributed by atoms with Gasteiger partial charge in [-0.15, -0.1) is 4.73 Å². The van der Waals surface area contributed by atoms with Crippen molar-refractivity contribution in [2.24, 2.45) is 0 Å². The molecule has 0 aliphatic carbocycles. The summed E-state index contributed by atoms with van der Waals surface area (Å²) in [5, 5.41) is 0. The van der Waals surface area contributed by atoms with Crippen LogP contribution in [0.4, 0.5) is 0 Å². The third kappa shape index (κ3) is 2.44. The highest BCUT2D eigenvalue weighted by atomic mass is 16.7. The average Bonchev–Trinajstić information content (AvgIpc) is 2.71. The van der Waals surface area contributed by atoms with E-state index in [9.17, 15) is 4.79 Å². The van der Waals surface area contributed by atoms with Crippen molar-refractivity contribution >= 4 is 11.0 Å². The van der Waals surface area contributed by atoms with Crippen molar-refractivity contribution in [3.63, 3.8) is 0 Å². The van der Waals surface area contributed by atoms with Gasteiger partial charge in [-0.05, 0) is 45.0 Å². The number of hydrogen-bond donors (Lipinski definition) is 0. The Labute approximate surface area is 123 Å². The summed E-state index contributed by atoms with van der Waals surface area (Å²) in [5.41, 5.74) is 1.78. The lowest BCUT2D eigenvalue weighted by atomic mass is 10.2. The van der Waals surface area contributed by atoms with Crippen molar-refractivity contribution < 1.29 is 4.84 Å². The SMILES string of the molecule is CC(C)(C)On1c(=O)n(-c2ccccc2)c2ccccc21. The Morgan fingerprint density at radius 1 is 0.857 bits per heavy atom. The maximum Gasteiger partial charge on any atom is 0.366 e. The maximum atomic E-state index is 12.8. The van der Waals surface area contributed by atoms with Gasteiger partial charge in [0, 0.05) is 0 Å². The van der Waals surface area contributed by atoms with E-state index >= 15 is 0 Å². The molecule has 0 amide bonds. The Kier molecular flexibility index (Phi) is 3.09. The quantitative estimate of drug-likeness (QED) is 0.724. The second-order valence-electron chi connectivity index (χ2n) is 5.94. The highest BCUT2D eigenvalue weighted by Gasteiger charge is 2.20. The molecule has 0 saturated heterocycles. The molecule has 4 heteroatoms. The van der Waals surface area contributed by atoms with E-state index in [4.69, 9.17) is 4.84 Å². The molecule has 0 N–H and O–H groups in total. The summed E-state index contributed by atoms with van der Waals surface area (Å²) in [6.07, 6.45) is 0. The molecule has 1 heterocycles. The molecule has 1 aromatic heterocycles. The molecular formula is C17H18N2O2. The van der Waals surface area contributed by atoms with Gasteiger partial charge in [0.05, 0.1) is 11.2 Å². The van der Waals surface area contributed by atoms with E-state index in [1.165, 1.54) is 4.73 Å². The average molecular weight is 282 g/mol. The second kappa shape index (κ2) is 4.81. The fourth-order valence-corrected chi connectivity index (χ4v) is 2.31. The molecule has 0 spiro atoms. The van der Waals surface area contributed by atoms with E-state index in [1.54, 1.807) is 4.57 Å². The van der Waals surface area contributed by atoms with Crippen LogP contribution in [0.5, 0.6) is 0 Å². The standard InChI is InChI=1S/C17H18N2O2/c1-17(2,3)21-19-15-12-8-7-11-14(15)18(16(19)20)13-9-5-4-6-10-13/h4-12H,1-3H3. The van der Waals surface area contributed by atoms with E-state index in [-0.39, 0.29) is 5.69 Å². The first-order valence-electron chi connectivity index (χ1n) is 6.95. The van der Waals surface area contributed by atoms with Crippen LogP contribution in [-0.2, 0) is 0 Å². The van der Waals surface area contributed by atoms with Crippen LogP contribution in [-0.4, -0.2) is 14.9 Å². The molecule has 4 nitrogen and oxygen atoms in total. The van der Waals surface area contributed by atoms with Crippen LogP contribution in [0.3, 0.4) is 0 Å². The number of imidazole rings is 1. The molecule has 108 valence electrons. The molecule has 0 aliphatic heterocycles. The van der Waals surface area contributed by atoms with E-state index in [2.05, 4.69) is 0 Å². The molecule has 3 aromatic rings. The predicted molar refractivity (Wildman–Crippen MR) is 83.9 cm³/mol. The van der Waals surface area contributed by atoms with Crippen LogP contribution in [0.25, 0.3) is 16.7 Å². The van der Waals surface area contributed by atoms with Crippen LogP contribution in [0.15, 0.2) is 59.4 Å². The van der Waals surface area contributed by atoms with Gasteiger partial charge in [0.25, 0.3) is 0 Å². The lowest BCUT2D eigenvalue weighted by Gasteiger charge is -2.20. The van der Waals surface area contributed by atoms with Crippen molar-refractivity contribution in [2.75, 3.05) is 0 Å². The van der Waals surface area contributed by atoms with Crippen molar-refractivity contribution in [1.29, 1.82) is 0 Å². The van der Waals surface area contributed by atoms with Gasteiger partial charge in [-0.3, -0.25) is 4.57 Å². The second-order valence-corrected chi connectivity index (χ2v) is 5.94. The monoisotopic (exact) mass is 282 g/mol. The molecule has 0 saturated carbocycles. The Balaban J connectivity index is 2.32. The number of hydrogen-bond acceptors (Lipinski definition) is 2. The number of para-hydroxylation sites is 3. The van der Waals surface area contributed by atoms with Gasteiger partial charge in [0.1, 0.15) is 11.1 Å². The van der Waals surface area contributed by atoms with Crippen molar-refractivity contribution in [3.8, 4) is 5.69 Å². The van der Waals surface area contributed by atoms with Crippen molar-refractivity contribution in [3.05, 3.63) is 65.1 Å². The summed E-state index contributed by atoms with van der Waals surface area (Å²) >= 11 is 0. The van der Waals surface area contributed by atoms with E-state index < -0.39 is 5.60 Å². The summed E-state index contributed by atoms with van der Waals surface area (Å²) in [5.74, 6) is 0. The number of benzene rings is 2. The summed E-state index contributed by atoms with van der Waals surface area (Å²) in [6, 6.07) is 17.2. The lowest BCUT2D eigenvalue weighted by Crippen LogP contribution is -2.38. The van der Waals surface area contributed by atoms with E-state index in [1.807, 2.05) is 75.4 Å². The Morgan fingerprint density at radius 2 is 1.43 bits per heavy atom. The molecule has 0 aliphatic rings.